The SMILES string of the molecule is O=C1CCCN1CC1CCN(C(=O)c2ccc(N[C@@H]3CCOC3)nc2)CC1. The number of hydrogen-bond donors (Lipinski definition) is 1. The maximum atomic E-state index is 12.7. The van der Waals surface area contributed by atoms with Crippen molar-refractivity contribution < 1.29 is 14.3 Å². The highest BCUT2D eigenvalue weighted by atomic mass is 16.5. The van der Waals surface area contributed by atoms with Gasteiger partial charge in [0.1, 0.15) is 5.82 Å². The van der Waals surface area contributed by atoms with Crippen molar-refractivity contribution in [3.8, 4) is 0 Å². The van der Waals surface area contributed by atoms with Gasteiger partial charge in [0, 0.05) is 45.4 Å². The lowest BCUT2D eigenvalue weighted by Crippen LogP contribution is -2.41. The van der Waals surface area contributed by atoms with Crippen molar-refractivity contribution in [3.63, 3.8) is 0 Å². The zero-order valence-electron chi connectivity index (χ0n) is 15.7. The molecular weight excluding hydrogens is 344 g/mol. The van der Waals surface area contributed by atoms with Crippen LogP contribution in [0.25, 0.3) is 0 Å². The van der Waals surface area contributed by atoms with E-state index in [0.29, 0.717) is 30.6 Å². The monoisotopic (exact) mass is 372 g/mol. The largest absolute Gasteiger partial charge is 0.379 e. The van der Waals surface area contributed by atoms with Crippen LogP contribution >= 0.6 is 0 Å². The van der Waals surface area contributed by atoms with Gasteiger partial charge in [0.15, 0.2) is 0 Å². The third kappa shape index (κ3) is 4.40. The number of carbonyl (C=O) groups excluding carboxylic acids is 2. The second kappa shape index (κ2) is 8.25. The third-order valence-electron chi connectivity index (χ3n) is 5.84. The number of carbonyl (C=O) groups is 2. The molecule has 146 valence electrons. The highest BCUT2D eigenvalue weighted by Gasteiger charge is 2.28. The first kappa shape index (κ1) is 18.2. The summed E-state index contributed by atoms with van der Waals surface area (Å²) in [5.74, 6) is 1.64. The zero-order valence-corrected chi connectivity index (χ0v) is 15.7. The topological polar surface area (TPSA) is 74.8 Å². The quantitative estimate of drug-likeness (QED) is 0.852. The van der Waals surface area contributed by atoms with E-state index in [1.165, 1.54) is 0 Å². The van der Waals surface area contributed by atoms with E-state index in [0.717, 1.165) is 64.3 Å². The van der Waals surface area contributed by atoms with E-state index in [-0.39, 0.29) is 11.8 Å². The Morgan fingerprint density at radius 1 is 1.22 bits per heavy atom. The van der Waals surface area contributed by atoms with E-state index < -0.39 is 0 Å². The van der Waals surface area contributed by atoms with Gasteiger partial charge in [0.2, 0.25) is 5.91 Å². The van der Waals surface area contributed by atoms with Gasteiger partial charge in [-0.25, -0.2) is 4.98 Å². The Balaban J connectivity index is 1.26. The number of likely N-dealkylation sites (tertiary alicyclic amines) is 2. The molecule has 7 nitrogen and oxygen atoms in total. The maximum Gasteiger partial charge on any atom is 0.255 e. The molecule has 3 aliphatic rings. The molecule has 4 rings (SSSR count). The van der Waals surface area contributed by atoms with Crippen LogP contribution in [-0.4, -0.2) is 72.0 Å². The van der Waals surface area contributed by atoms with Crippen LogP contribution in [0, 0.1) is 5.92 Å². The molecule has 2 amide bonds. The highest BCUT2D eigenvalue weighted by Crippen LogP contribution is 2.22. The Morgan fingerprint density at radius 3 is 2.70 bits per heavy atom. The van der Waals surface area contributed by atoms with Crippen molar-refractivity contribution in [2.24, 2.45) is 5.92 Å². The molecule has 0 aromatic carbocycles. The Kier molecular flexibility index (Phi) is 5.57. The molecule has 0 spiro atoms. The molecule has 0 unspecified atom stereocenters. The van der Waals surface area contributed by atoms with Crippen LogP contribution in [0.3, 0.4) is 0 Å². The predicted octanol–water partition coefficient (Wildman–Crippen LogP) is 1.76. The van der Waals surface area contributed by atoms with Crippen LogP contribution < -0.4 is 5.32 Å². The van der Waals surface area contributed by atoms with E-state index in [4.69, 9.17) is 4.74 Å². The fourth-order valence-electron chi connectivity index (χ4n) is 4.17. The normalized spacial score (nSPS) is 23.9. The number of nitrogens with zero attached hydrogens (tertiary/aromatic N) is 3. The molecule has 3 aliphatic heterocycles. The van der Waals surface area contributed by atoms with Crippen molar-refractivity contribution in [3.05, 3.63) is 23.9 Å². The van der Waals surface area contributed by atoms with Gasteiger partial charge in [0.25, 0.3) is 5.91 Å². The lowest BCUT2D eigenvalue weighted by atomic mass is 9.96. The van der Waals surface area contributed by atoms with Crippen molar-refractivity contribution in [2.45, 2.75) is 38.1 Å². The summed E-state index contributed by atoms with van der Waals surface area (Å²) < 4.78 is 5.35. The highest BCUT2D eigenvalue weighted by molar-refractivity contribution is 5.94. The number of pyridine rings is 1. The molecule has 0 saturated carbocycles. The van der Waals surface area contributed by atoms with Crippen LogP contribution in [0.1, 0.15) is 42.5 Å². The zero-order chi connectivity index (χ0) is 18.6. The first-order valence-electron chi connectivity index (χ1n) is 10.1. The number of amides is 2. The average molecular weight is 372 g/mol. The van der Waals surface area contributed by atoms with Gasteiger partial charge in [-0.05, 0) is 43.7 Å². The summed E-state index contributed by atoms with van der Waals surface area (Å²) in [4.78, 5) is 32.8. The minimum Gasteiger partial charge on any atom is -0.379 e. The van der Waals surface area contributed by atoms with Gasteiger partial charge in [-0.1, -0.05) is 0 Å². The second-order valence-electron chi connectivity index (χ2n) is 7.82. The van der Waals surface area contributed by atoms with Gasteiger partial charge in [-0.15, -0.1) is 0 Å². The van der Waals surface area contributed by atoms with Crippen LogP contribution in [0.5, 0.6) is 0 Å². The van der Waals surface area contributed by atoms with Gasteiger partial charge in [-0.3, -0.25) is 9.59 Å². The number of hydrogen-bond acceptors (Lipinski definition) is 5. The number of piperidine rings is 1. The Morgan fingerprint density at radius 2 is 2.07 bits per heavy atom. The minimum atomic E-state index is 0.0500. The standard InChI is InChI=1S/C20H28N4O3/c25-19-2-1-8-24(19)13-15-5-9-23(10-6-15)20(26)16-3-4-18(21-12-16)22-17-7-11-27-14-17/h3-4,12,15,17H,1-2,5-11,13-14H2,(H,21,22)/t17-/m1/s1. The van der Waals surface area contributed by atoms with Gasteiger partial charge < -0.3 is 19.9 Å². The molecule has 0 bridgehead atoms. The first-order valence-corrected chi connectivity index (χ1v) is 10.1. The number of ether oxygens (including phenoxy) is 1. The van der Waals surface area contributed by atoms with E-state index in [2.05, 4.69) is 10.3 Å². The van der Waals surface area contributed by atoms with Crippen molar-refractivity contribution in [1.29, 1.82) is 0 Å². The van der Waals surface area contributed by atoms with Gasteiger partial charge in [-0.2, -0.15) is 0 Å². The molecule has 27 heavy (non-hydrogen) atoms. The number of aromatic nitrogens is 1. The molecule has 1 N–H and O–H groups in total. The fraction of sp³-hybridized carbons (Fsp3) is 0.650. The smallest absolute Gasteiger partial charge is 0.255 e. The van der Waals surface area contributed by atoms with Gasteiger partial charge >= 0.3 is 0 Å². The Hall–Kier alpha value is -2.15. The van der Waals surface area contributed by atoms with E-state index >= 15 is 0 Å². The molecule has 0 radical (unpaired) electrons. The van der Waals surface area contributed by atoms with Crippen molar-refractivity contribution in [2.75, 3.05) is 44.7 Å². The fourth-order valence-corrected chi connectivity index (χ4v) is 4.17. The molecule has 3 fully saturated rings. The Bertz CT molecular complexity index is 664. The molecular formula is C20H28N4O3. The number of nitrogens with one attached hydrogen (secondary N) is 1. The van der Waals surface area contributed by atoms with E-state index in [1.54, 1.807) is 6.20 Å². The van der Waals surface area contributed by atoms with Crippen molar-refractivity contribution in [1.82, 2.24) is 14.8 Å². The number of rotatable bonds is 5. The Labute approximate surface area is 160 Å². The summed E-state index contributed by atoms with van der Waals surface area (Å²) in [6.07, 6.45) is 6.26. The van der Waals surface area contributed by atoms with Gasteiger partial charge in [0.05, 0.1) is 18.2 Å². The molecule has 4 heterocycles. The lowest BCUT2D eigenvalue weighted by Gasteiger charge is -2.34. The molecule has 1 aromatic rings. The average Bonchev–Trinajstić information content (AvgIpc) is 3.35. The summed E-state index contributed by atoms with van der Waals surface area (Å²) in [5, 5.41) is 3.34. The molecule has 1 atom stereocenters. The summed E-state index contributed by atoms with van der Waals surface area (Å²) in [5.41, 5.74) is 0.636. The van der Waals surface area contributed by atoms with Crippen molar-refractivity contribution >= 4 is 17.6 Å². The summed E-state index contributed by atoms with van der Waals surface area (Å²) in [6, 6.07) is 4.03. The molecule has 7 heteroatoms. The maximum absolute atomic E-state index is 12.7. The van der Waals surface area contributed by atoms with Crippen LogP contribution in [0.2, 0.25) is 0 Å². The second-order valence-corrected chi connectivity index (χ2v) is 7.82. The van der Waals surface area contributed by atoms with E-state index in [1.807, 2.05) is 21.9 Å². The summed E-state index contributed by atoms with van der Waals surface area (Å²) >= 11 is 0. The van der Waals surface area contributed by atoms with Crippen LogP contribution in [-0.2, 0) is 9.53 Å². The predicted molar refractivity (Wildman–Crippen MR) is 102 cm³/mol. The van der Waals surface area contributed by atoms with Crippen LogP contribution in [0.4, 0.5) is 5.82 Å². The summed E-state index contributed by atoms with van der Waals surface area (Å²) in [6.45, 7) is 4.76. The molecule has 0 aliphatic carbocycles. The molecule has 3 saturated heterocycles. The third-order valence-corrected chi connectivity index (χ3v) is 5.84. The minimum absolute atomic E-state index is 0.0500. The van der Waals surface area contributed by atoms with Crippen LogP contribution in [0.15, 0.2) is 18.3 Å². The summed E-state index contributed by atoms with van der Waals surface area (Å²) in [7, 11) is 0. The van der Waals surface area contributed by atoms with E-state index in [9.17, 15) is 9.59 Å². The number of anilines is 1. The lowest BCUT2D eigenvalue weighted by molar-refractivity contribution is -0.128. The molecule has 1 aromatic heterocycles. The first-order chi connectivity index (χ1) is 13.2.